The van der Waals surface area contributed by atoms with Gasteiger partial charge in [0, 0.05) is 66.0 Å². The highest BCUT2D eigenvalue weighted by atomic mass is 16.5. The number of benzene rings is 1. The fourth-order valence-corrected chi connectivity index (χ4v) is 4.37. The number of piperazine rings is 2. The average Bonchev–Trinajstić information content (AvgIpc) is 2.82. The minimum atomic E-state index is 0.949. The number of anilines is 1. The number of unbranched alkanes of at least 4 members (excludes halogenated alkanes) is 1. The fraction of sp³-hybridized carbons (Fsp3) is 0.696. The standard InChI is InChI=1S/C23H40N6O/c1-4-26-13-15-27(16-14-26)12-8-7-11-25-23(24-2)29-19-17-28(18-20-29)21-9-5-6-10-22(21)30-3/h5-6,9-10H,4,7-8,11-20H2,1-3H3,(H,24,25). The Balaban J connectivity index is 1.34. The molecular weight excluding hydrogens is 376 g/mol. The zero-order valence-corrected chi connectivity index (χ0v) is 19.1. The number of nitrogens with one attached hydrogen (secondary N) is 1. The summed E-state index contributed by atoms with van der Waals surface area (Å²) in [5.74, 6) is 1.98. The number of hydrogen-bond acceptors (Lipinski definition) is 5. The van der Waals surface area contributed by atoms with Gasteiger partial charge >= 0.3 is 0 Å². The van der Waals surface area contributed by atoms with E-state index in [-0.39, 0.29) is 0 Å². The summed E-state index contributed by atoms with van der Waals surface area (Å²) in [7, 11) is 3.63. The van der Waals surface area contributed by atoms with Crippen LogP contribution in [0.3, 0.4) is 0 Å². The topological polar surface area (TPSA) is 46.6 Å². The van der Waals surface area contributed by atoms with Gasteiger partial charge in [-0.3, -0.25) is 4.99 Å². The van der Waals surface area contributed by atoms with E-state index in [2.05, 4.69) is 49.0 Å². The van der Waals surface area contributed by atoms with E-state index in [0.717, 1.165) is 44.4 Å². The summed E-state index contributed by atoms with van der Waals surface area (Å²) in [5.41, 5.74) is 1.18. The van der Waals surface area contributed by atoms with Crippen LogP contribution in [0.2, 0.25) is 0 Å². The minimum Gasteiger partial charge on any atom is -0.495 e. The molecule has 0 bridgehead atoms. The van der Waals surface area contributed by atoms with E-state index in [0.29, 0.717) is 0 Å². The van der Waals surface area contributed by atoms with Crippen LogP contribution in [0.15, 0.2) is 29.3 Å². The van der Waals surface area contributed by atoms with E-state index in [9.17, 15) is 0 Å². The van der Waals surface area contributed by atoms with Crippen molar-refractivity contribution in [1.29, 1.82) is 0 Å². The second-order valence-corrected chi connectivity index (χ2v) is 8.10. The quantitative estimate of drug-likeness (QED) is 0.396. The molecule has 0 unspecified atom stereocenters. The molecule has 2 heterocycles. The van der Waals surface area contributed by atoms with Crippen LogP contribution in [-0.4, -0.2) is 107 Å². The molecule has 3 rings (SSSR count). The molecule has 0 radical (unpaired) electrons. The lowest BCUT2D eigenvalue weighted by Gasteiger charge is -2.38. The molecule has 168 valence electrons. The van der Waals surface area contributed by atoms with E-state index in [1.54, 1.807) is 7.11 Å². The molecule has 2 saturated heterocycles. The molecule has 2 fully saturated rings. The third-order valence-corrected chi connectivity index (χ3v) is 6.31. The fourth-order valence-electron chi connectivity index (χ4n) is 4.37. The molecule has 0 spiro atoms. The van der Waals surface area contributed by atoms with Crippen molar-refractivity contribution in [3.05, 3.63) is 24.3 Å². The van der Waals surface area contributed by atoms with Crippen LogP contribution in [-0.2, 0) is 0 Å². The van der Waals surface area contributed by atoms with Crippen molar-refractivity contribution in [3.8, 4) is 5.75 Å². The van der Waals surface area contributed by atoms with Gasteiger partial charge in [-0.05, 0) is 38.1 Å². The van der Waals surface area contributed by atoms with E-state index < -0.39 is 0 Å². The molecule has 0 aliphatic carbocycles. The first-order valence-corrected chi connectivity index (χ1v) is 11.5. The van der Waals surface area contributed by atoms with Crippen LogP contribution in [0.25, 0.3) is 0 Å². The van der Waals surface area contributed by atoms with Gasteiger partial charge in [-0.2, -0.15) is 0 Å². The summed E-state index contributed by atoms with van der Waals surface area (Å²) in [4.78, 5) is 14.4. The highest BCUT2D eigenvalue weighted by Crippen LogP contribution is 2.28. The Morgan fingerprint density at radius 1 is 0.967 bits per heavy atom. The van der Waals surface area contributed by atoms with Crippen LogP contribution < -0.4 is 15.0 Å². The summed E-state index contributed by atoms with van der Waals surface area (Å²) in [6.07, 6.45) is 2.44. The van der Waals surface area contributed by atoms with Crippen molar-refractivity contribution >= 4 is 11.6 Å². The van der Waals surface area contributed by atoms with Crippen LogP contribution in [0.1, 0.15) is 19.8 Å². The second-order valence-electron chi connectivity index (χ2n) is 8.10. The van der Waals surface area contributed by atoms with Crippen LogP contribution in [0, 0.1) is 0 Å². The van der Waals surface area contributed by atoms with Gasteiger partial charge in [0.2, 0.25) is 0 Å². The van der Waals surface area contributed by atoms with E-state index in [1.165, 1.54) is 57.8 Å². The molecule has 2 aliphatic heterocycles. The lowest BCUT2D eigenvalue weighted by atomic mass is 10.2. The van der Waals surface area contributed by atoms with Crippen molar-refractivity contribution in [1.82, 2.24) is 20.0 Å². The monoisotopic (exact) mass is 416 g/mol. The highest BCUT2D eigenvalue weighted by Gasteiger charge is 2.21. The molecule has 1 aromatic carbocycles. The molecule has 1 N–H and O–H groups in total. The van der Waals surface area contributed by atoms with Crippen molar-refractivity contribution in [2.24, 2.45) is 4.99 Å². The van der Waals surface area contributed by atoms with Crippen molar-refractivity contribution in [3.63, 3.8) is 0 Å². The Hall–Kier alpha value is -1.99. The molecule has 7 heteroatoms. The molecule has 0 saturated carbocycles. The van der Waals surface area contributed by atoms with Gasteiger partial charge in [-0.25, -0.2) is 0 Å². The number of ether oxygens (including phenoxy) is 1. The lowest BCUT2D eigenvalue weighted by molar-refractivity contribution is 0.136. The maximum atomic E-state index is 5.53. The summed E-state index contributed by atoms with van der Waals surface area (Å²) in [6.45, 7) is 14.4. The minimum absolute atomic E-state index is 0.949. The van der Waals surface area contributed by atoms with Gasteiger partial charge in [0.05, 0.1) is 12.8 Å². The Labute approximate surface area is 182 Å². The van der Waals surface area contributed by atoms with Gasteiger partial charge in [-0.15, -0.1) is 0 Å². The second kappa shape index (κ2) is 12.0. The summed E-state index contributed by atoms with van der Waals surface area (Å²) >= 11 is 0. The molecule has 2 aliphatic rings. The number of guanidine groups is 1. The molecule has 30 heavy (non-hydrogen) atoms. The van der Waals surface area contributed by atoms with E-state index >= 15 is 0 Å². The highest BCUT2D eigenvalue weighted by molar-refractivity contribution is 5.80. The van der Waals surface area contributed by atoms with Gasteiger partial charge in [0.15, 0.2) is 5.96 Å². The van der Waals surface area contributed by atoms with E-state index in [4.69, 9.17) is 4.74 Å². The number of aliphatic imine (C=N–C) groups is 1. The molecule has 0 amide bonds. The largest absolute Gasteiger partial charge is 0.495 e. The Kier molecular flexibility index (Phi) is 9.08. The third-order valence-electron chi connectivity index (χ3n) is 6.31. The number of likely N-dealkylation sites (N-methyl/N-ethyl adjacent to an activating group) is 1. The number of rotatable bonds is 8. The first-order valence-electron chi connectivity index (χ1n) is 11.5. The maximum absolute atomic E-state index is 5.53. The van der Waals surface area contributed by atoms with Crippen molar-refractivity contribution in [2.75, 3.05) is 91.0 Å². The van der Waals surface area contributed by atoms with Crippen LogP contribution >= 0.6 is 0 Å². The number of nitrogens with zero attached hydrogens (tertiary/aromatic N) is 5. The number of para-hydroxylation sites is 2. The summed E-state index contributed by atoms with van der Waals surface area (Å²) in [6, 6.07) is 8.28. The van der Waals surface area contributed by atoms with E-state index in [1.807, 2.05) is 19.2 Å². The predicted octanol–water partition coefficient (Wildman–Crippen LogP) is 1.81. The zero-order chi connectivity index (χ0) is 21.2. The number of hydrogen-bond donors (Lipinski definition) is 1. The van der Waals surface area contributed by atoms with Crippen LogP contribution in [0.4, 0.5) is 5.69 Å². The Morgan fingerprint density at radius 3 is 2.33 bits per heavy atom. The molecule has 0 aromatic heterocycles. The Bertz CT molecular complexity index is 651. The smallest absolute Gasteiger partial charge is 0.193 e. The lowest BCUT2D eigenvalue weighted by Crippen LogP contribution is -2.52. The first kappa shape index (κ1) is 22.7. The summed E-state index contributed by atoms with van der Waals surface area (Å²) in [5, 5.41) is 3.58. The third kappa shape index (κ3) is 6.25. The Morgan fingerprint density at radius 2 is 1.67 bits per heavy atom. The van der Waals surface area contributed by atoms with Gasteiger partial charge in [-0.1, -0.05) is 19.1 Å². The summed E-state index contributed by atoms with van der Waals surface area (Å²) < 4.78 is 5.53. The number of methoxy groups -OCH3 is 1. The molecule has 1 aromatic rings. The van der Waals surface area contributed by atoms with Crippen molar-refractivity contribution < 1.29 is 4.74 Å². The van der Waals surface area contributed by atoms with Gasteiger partial charge < -0.3 is 29.7 Å². The molecule has 0 atom stereocenters. The normalized spacial score (nSPS) is 19.2. The first-order chi connectivity index (χ1) is 14.7. The van der Waals surface area contributed by atoms with Crippen LogP contribution in [0.5, 0.6) is 5.75 Å². The molecule has 7 nitrogen and oxygen atoms in total. The molecular formula is C23H40N6O. The van der Waals surface area contributed by atoms with Crippen molar-refractivity contribution in [2.45, 2.75) is 19.8 Å². The average molecular weight is 417 g/mol. The van der Waals surface area contributed by atoms with Gasteiger partial charge in [0.1, 0.15) is 5.75 Å². The SMILES string of the molecule is CCN1CCN(CCCCNC(=NC)N2CCN(c3ccccc3OC)CC2)CC1. The predicted molar refractivity (Wildman–Crippen MR) is 126 cm³/mol. The van der Waals surface area contributed by atoms with Gasteiger partial charge in [0.25, 0.3) is 0 Å². The zero-order valence-electron chi connectivity index (χ0n) is 19.1. The maximum Gasteiger partial charge on any atom is 0.193 e.